The van der Waals surface area contributed by atoms with Crippen molar-refractivity contribution < 1.29 is 5.11 Å². The van der Waals surface area contributed by atoms with Crippen molar-refractivity contribution in [3.8, 4) is 5.75 Å². The first-order valence-electron chi connectivity index (χ1n) is 11.6. The number of pyridine rings is 2. The number of anilines is 3. The lowest BCUT2D eigenvalue weighted by molar-refractivity contribution is 0.475. The fourth-order valence-corrected chi connectivity index (χ4v) is 4.48. The highest BCUT2D eigenvalue weighted by Crippen LogP contribution is 2.29. The second kappa shape index (κ2) is 9.02. The summed E-state index contributed by atoms with van der Waals surface area (Å²) in [4.78, 5) is 11.4. The molecule has 2 aromatic heterocycles. The quantitative estimate of drug-likeness (QED) is 0.297. The number of benzene rings is 3. The molecule has 5 heteroatoms. The molecule has 5 aromatic rings. The number of phenolic OH excluding ortho intramolecular Hbond substituents is 1. The molecule has 2 heterocycles. The van der Waals surface area contributed by atoms with E-state index in [2.05, 4.69) is 77.2 Å². The summed E-state index contributed by atoms with van der Waals surface area (Å²) in [6.07, 6.45) is 3.74. The molecule has 0 radical (unpaired) electrons. The van der Waals surface area contributed by atoms with Gasteiger partial charge in [0.2, 0.25) is 0 Å². The summed E-state index contributed by atoms with van der Waals surface area (Å²) in [5.74, 6) is 0.754. The topological polar surface area (TPSA) is 75.3 Å². The van der Waals surface area contributed by atoms with Crippen LogP contribution >= 0.6 is 0 Å². The highest BCUT2D eigenvalue weighted by molar-refractivity contribution is 6.08. The van der Waals surface area contributed by atoms with Crippen molar-refractivity contribution in [1.82, 2.24) is 9.97 Å². The Labute approximate surface area is 199 Å². The molecule has 0 amide bonds. The van der Waals surface area contributed by atoms with E-state index in [-0.39, 0.29) is 5.75 Å². The zero-order valence-corrected chi connectivity index (χ0v) is 19.5. The van der Waals surface area contributed by atoms with Crippen LogP contribution in [0.25, 0.3) is 21.8 Å². The summed E-state index contributed by atoms with van der Waals surface area (Å²) < 4.78 is 0. The summed E-state index contributed by atoms with van der Waals surface area (Å²) in [7, 11) is 0. The first-order chi connectivity index (χ1) is 16.5. The van der Waals surface area contributed by atoms with Gasteiger partial charge in [-0.3, -0.25) is 4.98 Å². The Balaban J connectivity index is 1.36. The SMILES string of the molecule is CCN(c1ccc(O)cc1)c1ccc(CCc2cnc3c(N)nc4cc(C)ccc4c3c2)cc1. The van der Waals surface area contributed by atoms with Crippen molar-refractivity contribution in [1.29, 1.82) is 0 Å². The molecule has 0 fully saturated rings. The van der Waals surface area contributed by atoms with Crippen LogP contribution in [0.4, 0.5) is 17.2 Å². The molecule has 3 aromatic carbocycles. The molecule has 5 nitrogen and oxygen atoms in total. The van der Waals surface area contributed by atoms with Gasteiger partial charge in [-0.1, -0.05) is 24.3 Å². The molecule has 0 aliphatic carbocycles. The summed E-state index contributed by atoms with van der Waals surface area (Å²) in [6, 6.07) is 24.5. The lowest BCUT2D eigenvalue weighted by Gasteiger charge is -2.23. The normalized spacial score (nSPS) is 11.2. The largest absolute Gasteiger partial charge is 0.508 e. The van der Waals surface area contributed by atoms with Crippen LogP contribution < -0.4 is 10.6 Å². The number of rotatable bonds is 6. The molecule has 0 saturated heterocycles. The van der Waals surface area contributed by atoms with Gasteiger partial charge in [-0.2, -0.15) is 0 Å². The van der Waals surface area contributed by atoms with Gasteiger partial charge >= 0.3 is 0 Å². The third kappa shape index (κ3) is 4.25. The number of nitrogens with zero attached hydrogens (tertiary/aromatic N) is 3. The van der Waals surface area contributed by atoms with E-state index in [0.29, 0.717) is 5.82 Å². The lowest BCUT2D eigenvalue weighted by Crippen LogP contribution is -2.15. The zero-order chi connectivity index (χ0) is 23.7. The Morgan fingerprint density at radius 1 is 0.824 bits per heavy atom. The van der Waals surface area contributed by atoms with E-state index in [9.17, 15) is 5.11 Å². The number of fused-ring (bicyclic) bond motifs is 3. The Kier molecular flexibility index (Phi) is 5.76. The summed E-state index contributed by atoms with van der Waals surface area (Å²) in [5, 5.41) is 11.7. The van der Waals surface area contributed by atoms with Gasteiger partial charge in [0.1, 0.15) is 11.3 Å². The Bertz CT molecular complexity index is 1460. The lowest BCUT2D eigenvalue weighted by atomic mass is 10.0. The molecule has 0 unspecified atom stereocenters. The predicted molar refractivity (Wildman–Crippen MR) is 141 cm³/mol. The molecule has 5 rings (SSSR count). The second-order valence-corrected chi connectivity index (χ2v) is 8.68. The van der Waals surface area contributed by atoms with E-state index < -0.39 is 0 Å². The number of hydrogen-bond donors (Lipinski definition) is 2. The number of nitrogen functional groups attached to an aromatic ring is 1. The maximum absolute atomic E-state index is 9.57. The van der Waals surface area contributed by atoms with Crippen molar-refractivity contribution in [2.24, 2.45) is 0 Å². The van der Waals surface area contributed by atoms with Crippen LogP contribution in [0.1, 0.15) is 23.6 Å². The third-order valence-electron chi connectivity index (χ3n) is 6.30. The van der Waals surface area contributed by atoms with E-state index in [0.717, 1.165) is 52.6 Å². The number of aryl methyl sites for hydroxylation is 3. The van der Waals surface area contributed by atoms with Gasteiger partial charge in [-0.25, -0.2) is 4.98 Å². The van der Waals surface area contributed by atoms with Gasteiger partial charge < -0.3 is 15.7 Å². The van der Waals surface area contributed by atoms with Crippen LogP contribution in [0.5, 0.6) is 5.75 Å². The molecule has 34 heavy (non-hydrogen) atoms. The van der Waals surface area contributed by atoms with E-state index in [1.165, 1.54) is 16.7 Å². The standard InChI is InChI=1S/C29H28N4O/c1-3-33(23-11-13-24(34)14-12-23)22-9-7-20(8-10-22)5-6-21-17-26-25-15-4-19(2)16-27(25)32-29(30)28(26)31-18-21/h4,7-18,34H,3,5-6H2,1-2H3,(H2,30,32). The molecule has 3 N–H and O–H groups in total. The Morgan fingerprint density at radius 3 is 2.21 bits per heavy atom. The van der Waals surface area contributed by atoms with Crippen molar-refractivity contribution in [2.45, 2.75) is 26.7 Å². The Hall–Kier alpha value is -4.12. The fraction of sp³-hybridized carbons (Fsp3) is 0.172. The molecule has 0 aliphatic heterocycles. The van der Waals surface area contributed by atoms with Gasteiger partial charge in [0.05, 0.1) is 5.52 Å². The molecule has 170 valence electrons. The summed E-state index contributed by atoms with van der Waals surface area (Å²) in [5.41, 5.74) is 13.7. The van der Waals surface area contributed by atoms with Crippen molar-refractivity contribution >= 4 is 39.0 Å². The zero-order valence-electron chi connectivity index (χ0n) is 19.5. The molecule has 0 saturated carbocycles. The van der Waals surface area contributed by atoms with Gasteiger partial charge in [0.25, 0.3) is 0 Å². The molecule has 0 spiro atoms. The molecule has 0 atom stereocenters. The summed E-state index contributed by atoms with van der Waals surface area (Å²) in [6.45, 7) is 5.03. The van der Waals surface area contributed by atoms with Crippen LogP contribution in [0.3, 0.4) is 0 Å². The van der Waals surface area contributed by atoms with Crippen molar-refractivity contribution in [3.63, 3.8) is 0 Å². The van der Waals surface area contributed by atoms with Crippen LogP contribution in [0.2, 0.25) is 0 Å². The number of aromatic nitrogens is 2. The average Bonchev–Trinajstić information content (AvgIpc) is 2.85. The fourth-order valence-electron chi connectivity index (χ4n) is 4.48. The second-order valence-electron chi connectivity index (χ2n) is 8.68. The van der Waals surface area contributed by atoms with E-state index in [4.69, 9.17) is 5.73 Å². The number of aromatic hydroxyl groups is 1. The van der Waals surface area contributed by atoms with Gasteiger partial charge in [0.15, 0.2) is 5.82 Å². The monoisotopic (exact) mass is 448 g/mol. The van der Waals surface area contributed by atoms with Crippen molar-refractivity contribution in [3.05, 3.63) is 95.7 Å². The van der Waals surface area contributed by atoms with Crippen LogP contribution in [-0.2, 0) is 12.8 Å². The smallest absolute Gasteiger partial charge is 0.150 e. The minimum Gasteiger partial charge on any atom is -0.508 e. The average molecular weight is 449 g/mol. The minimum absolute atomic E-state index is 0.278. The van der Waals surface area contributed by atoms with Crippen molar-refractivity contribution in [2.75, 3.05) is 17.2 Å². The first-order valence-corrected chi connectivity index (χ1v) is 11.6. The third-order valence-corrected chi connectivity index (χ3v) is 6.30. The minimum atomic E-state index is 0.278. The van der Waals surface area contributed by atoms with Crippen LogP contribution in [0.15, 0.2) is 79.0 Å². The summed E-state index contributed by atoms with van der Waals surface area (Å²) >= 11 is 0. The van der Waals surface area contributed by atoms with Gasteiger partial charge in [0, 0.05) is 34.9 Å². The maximum atomic E-state index is 9.57. The number of phenols is 1. The van der Waals surface area contributed by atoms with Gasteiger partial charge in [-0.05, 0) is 91.9 Å². The highest BCUT2D eigenvalue weighted by atomic mass is 16.3. The highest BCUT2D eigenvalue weighted by Gasteiger charge is 2.10. The van der Waals surface area contributed by atoms with E-state index in [1.807, 2.05) is 18.3 Å². The Morgan fingerprint density at radius 2 is 1.50 bits per heavy atom. The van der Waals surface area contributed by atoms with Gasteiger partial charge in [-0.15, -0.1) is 0 Å². The van der Waals surface area contributed by atoms with Crippen LogP contribution in [-0.4, -0.2) is 21.6 Å². The molecule has 0 bridgehead atoms. The van der Waals surface area contributed by atoms with E-state index >= 15 is 0 Å². The number of hydrogen-bond acceptors (Lipinski definition) is 5. The first kappa shape index (κ1) is 21.7. The van der Waals surface area contributed by atoms with Crippen LogP contribution in [0, 0.1) is 6.92 Å². The molecule has 0 aliphatic rings. The predicted octanol–water partition coefficient (Wildman–Crippen LogP) is 6.32. The molecular formula is C29H28N4O. The van der Waals surface area contributed by atoms with E-state index in [1.54, 1.807) is 12.1 Å². The number of nitrogens with two attached hydrogens (primary N) is 1. The maximum Gasteiger partial charge on any atom is 0.150 e. The molecular weight excluding hydrogens is 420 g/mol.